The van der Waals surface area contributed by atoms with Gasteiger partial charge in [0.2, 0.25) is 0 Å². The first-order chi connectivity index (χ1) is 12.4. The first kappa shape index (κ1) is 19.8. The Bertz CT molecular complexity index is 796. The number of rotatable bonds is 6. The van der Waals surface area contributed by atoms with Crippen LogP contribution in [0.25, 0.3) is 0 Å². The third-order valence-corrected chi connectivity index (χ3v) is 4.33. The average molecular weight is 421 g/mol. The molecule has 0 radical (unpaired) electrons. The lowest BCUT2D eigenvalue weighted by atomic mass is 10.1. The summed E-state index contributed by atoms with van der Waals surface area (Å²) in [5, 5.41) is 5.60. The first-order valence-corrected chi connectivity index (χ1v) is 8.79. The molecule has 2 aromatic carbocycles. The Morgan fingerprint density at radius 3 is 2.12 bits per heavy atom. The summed E-state index contributed by atoms with van der Waals surface area (Å²) in [5.41, 5.74) is 1.17. The van der Waals surface area contributed by atoms with E-state index in [9.17, 15) is 9.59 Å². The molecule has 26 heavy (non-hydrogen) atoms. The van der Waals surface area contributed by atoms with Crippen LogP contribution in [-0.2, 0) is 0 Å². The zero-order chi connectivity index (χ0) is 19.3. The van der Waals surface area contributed by atoms with E-state index >= 15 is 0 Å². The van der Waals surface area contributed by atoms with E-state index < -0.39 is 0 Å². The van der Waals surface area contributed by atoms with Crippen molar-refractivity contribution in [1.82, 2.24) is 5.32 Å². The van der Waals surface area contributed by atoms with E-state index in [4.69, 9.17) is 9.47 Å². The van der Waals surface area contributed by atoms with Crippen molar-refractivity contribution in [2.45, 2.75) is 19.9 Å². The second-order valence-electron chi connectivity index (χ2n) is 5.82. The molecule has 0 spiro atoms. The van der Waals surface area contributed by atoms with E-state index in [0.29, 0.717) is 32.8 Å². The van der Waals surface area contributed by atoms with Crippen LogP contribution >= 0.6 is 15.9 Å². The fourth-order valence-electron chi connectivity index (χ4n) is 2.32. The van der Waals surface area contributed by atoms with Gasteiger partial charge in [-0.25, -0.2) is 0 Å². The molecule has 2 amide bonds. The molecule has 0 aromatic heterocycles. The highest BCUT2D eigenvalue weighted by Crippen LogP contribution is 2.35. The highest BCUT2D eigenvalue weighted by Gasteiger charge is 2.17. The number of carbonyl (C=O) groups excluding carboxylic acids is 2. The van der Waals surface area contributed by atoms with E-state index in [2.05, 4.69) is 26.6 Å². The molecule has 0 fully saturated rings. The summed E-state index contributed by atoms with van der Waals surface area (Å²) in [4.78, 5) is 25.0. The van der Waals surface area contributed by atoms with Gasteiger partial charge in [0.1, 0.15) is 16.0 Å². The summed E-state index contributed by atoms with van der Waals surface area (Å²) in [5.74, 6) is 0.321. The largest absolute Gasteiger partial charge is 0.495 e. The van der Waals surface area contributed by atoms with Crippen LogP contribution in [-0.4, -0.2) is 32.1 Å². The smallest absolute Gasteiger partial charge is 0.255 e. The lowest BCUT2D eigenvalue weighted by Gasteiger charge is -2.14. The Labute approximate surface area is 161 Å². The molecule has 0 bridgehead atoms. The maximum atomic E-state index is 12.7. The monoisotopic (exact) mass is 420 g/mol. The van der Waals surface area contributed by atoms with E-state index in [-0.39, 0.29) is 17.9 Å². The predicted octanol–water partition coefficient (Wildman–Crippen LogP) is 3.86. The first-order valence-electron chi connectivity index (χ1n) is 8.00. The van der Waals surface area contributed by atoms with Crippen LogP contribution < -0.4 is 20.1 Å². The van der Waals surface area contributed by atoms with Gasteiger partial charge in [-0.05, 0) is 54.0 Å². The van der Waals surface area contributed by atoms with Crippen molar-refractivity contribution in [3.8, 4) is 11.5 Å². The van der Waals surface area contributed by atoms with Gasteiger partial charge < -0.3 is 20.1 Å². The van der Waals surface area contributed by atoms with Gasteiger partial charge in [-0.1, -0.05) is 12.1 Å². The molecular weight excluding hydrogens is 400 g/mol. The summed E-state index contributed by atoms with van der Waals surface area (Å²) in [6.45, 7) is 3.75. The number of hydrogen-bond acceptors (Lipinski definition) is 4. The zero-order valence-corrected chi connectivity index (χ0v) is 16.6. The molecule has 0 atom stereocenters. The molecule has 2 rings (SSSR count). The summed E-state index contributed by atoms with van der Waals surface area (Å²) < 4.78 is 11.1. The topological polar surface area (TPSA) is 76.7 Å². The SMILES string of the molecule is COc1cc(C(=O)Nc2ccccc2C(=O)NC(C)C)cc(OC)c1Br. The summed E-state index contributed by atoms with van der Waals surface area (Å²) in [6.07, 6.45) is 0. The van der Waals surface area contributed by atoms with Crippen molar-refractivity contribution in [2.24, 2.45) is 0 Å². The summed E-state index contributed by atoms with van der Waals surface area (Å²) in [7, 11) is 3.01. The van der Waals surface area contributed by atoms with Gasteiger partial charge >= 0.3 is 0 Å². The molecule has 2 aromatic rings. The number of benzene rings is 2. The molecule has 138 valence electrons. The van der Waals surface area contributed by atoms with Crippen LogP contribution in [0.2, 0.25) is 0 Å². The number of amides is 2. The Kier molecular flexibility index (Phi) is 6.63. The fraction of sp³-hybridized carbons (Fsp3) is 0.263. The average Bonchev–Trinajstić information content (AvgIpc) is 2.61. The van der Waals surface area contributed by atoms with Crippen LogP contribution in [0.1, 0.15) is 34.6 Å². The highest BCUT2D eigenvalue weighted by molar-refractivity contribution is 9.10. The van der Waals surface area contributed by atoms with E-state index in [1.165, 1.54) is 14.2 Å². The second kappa shape index (κ2) is 8.71. The van der Waals surface area contributed by atoms with Crippen molar-refractivity contribution in [1.29, 1.82) is 0 Å². The number of anilines is 1. The predicted molar refractivity (Wildman–Crippen MR) is 104 cm³/mol. The second-order valence-corrected chi connectivity index (χ2v) is 6.62. The van der Waals surface area contributed by atoms with Gasteiger partial charge in [-0.3, -0.25) is 9.59 Å². The lowest BCUT2D eigenvalue weighted by molar-refractivity contribution is 0.0944. The van der Waals surface area contributed by atoms with Gasteiger partial charge in [0.15, 0.2) is 0 Å². The number of para-hydroxylation sites is 1. The molecule has 0 saturated heterocycles. The Balaban J connectivity index is 2.33. The third-order valence-electron chi connectivity index (χ3n) is 3.55. The zero-order valence-electron chi connectivity index (χ0n) is 15.1. The molecule has 0 aliphatic heterocycles. The molecule has 0 heterocycles. The number of methoxy groups -OCH3 is 2. The van der Waals surface area contributed by atoms with Crippen molar-refractivity contribution >= 4 is 33.4 Å². The standard InChI is InChI=1S/C19H21BrN2O4/c1-11(2)21-19(24)13-7-5-6-8-14(13)22-18(23)12-9-15(25-3)17(20)16(10-12)26-4/h5-11H,1-4H3,(H,21,24)(H,22,23). The van der Waals surface area contributed by atoms with Crippen molar-refractivity contribution in [3.05, 3.63) is 52.0 Å². The molecular formula is C19H21BrN2O4. The van der Waals surface area contributed by atoms with Crippen molar-refractivity contribution < 1.29 is 19.1 Å². The fourth-order valence-corrected chi connectivity index (χ4v) is 2.88. The normalized spacial score (nSPS) is 10.4. The van der Waals surface area contributed by atoms with Gasteiger partial charge in [0.05, 0.1) is 25.5 Å². The maximum Gasteiger partial charge on any atom is 0.255 e. The van der Waals surface area contributed by atoms with Crippen molar-refractivity contribution in [3.63, 3.8) is 0 Å². The molecule has 0 unspecified atom stereocenters. The van der Waals surface area contributed by atoms with E-state index in [0.717, 1.165) is 0 Å². The Morgan fingerprint density at radius 2 is 1.58 bits per heavy atom. The quantitative estimate of drug-likeness (QED) is 0.743. The van der Waals surface area contributed by atoms with Crippen molar-refractivity contribution in [2.75, 3.05) is 19.5 Å². The minimum absolute atomic E-state index is 0.00810. The minimum atomic E-state index is -0.376. The summed E-state index contributed by atoms with van der Waals surface area (Å²) in [6, 6.07) is 10.0. The van der Waals surface area contributed by atoms with Crippen LogP contribution in [0, 0.1) is 0 Å². The Morgan fingerprint density at radius 1 is 1.00 bits per heavy atom. The van der Waals surface area contributed by atoms with Gasteiger partial charge in [0.25, 0.3) is 11.8 Å². The minimum Gasteiger partial charge on any atom is -0.495 e. The molecule has 0 saturated carbocycles. The molecule has 0 aliphatic carbocycles. The number of hydrogen-bond donors (Lipinski definition) is 2. The highest BCUT2D eigenvalue weighted by atomic mass is 79.9. The van der Waals surface area contributed by atoms with E-state index in [1.54, 1.807) is 36.4 Å². The molecule has 6 nitrogen and oxygen atoms in total. The van der Waals surface area contributed by atoms with E-state index in [1.807, 2.05) is 13.8 Å². The lowest BCUT2D eigenvalue weighted by Crippen LogP contribution is -2.31. The third kappa shape index (κ3) is 4.54. The van der Waals surface area contributed by atoms with Crippen LogP contribution in [0.5, 0.6) is 11.5 Å². The van der Waals surface area contributed by atoms with Crippen LogP contribution in [0.15, 0.2) is 40.9 Å². The Hall–Kier alpha value is -2.54. The number of carbonyl (C=O) groups is 2. The van der Waals surface area contributed by atoms with Gasteiger partial charge in [-0.15, -0.1) is 0 Å². The molecule has 2 N–H and O–H groups in total. The molecule has 0 aliphatic rings. The number of halogens is 1. The van der Waals surface area contributed by atoms with Gasteiger partial charge in [-0.2, -0.15) is 0 Å². The molecule has 7 heteroatoms. The number of ether oxygens (including phenoxy) is 2. The van der Waals surface area contributed by atoms with Crippen LogP contribution in [0.4, 0.5) is 5.69 Å². The van der Waals surface area contributed by atoms with Gasteiger partial charge in [0, 0.05) is 11.6 Å². The van der Waals surface area contributed by atoms with Crippen LogP contribution in [0.3, 0.4) is 0 Å². The summed E-state index contributed by atoms with van der Waals surface area (Å²) >= 11 is 3.37. The maximum absolute atomic E-state index is 12.7. The number of nitrogens with one attached hydrogen (secondary N) is 2.